The minimum Gasteiger partial charge on any atom is -0.497 e. The van der Waals surface area contributed by atoms with Crippen molar-refractivity contribution in [2.24, 2.45) is 11.3 Å². The lowest BCUT2D eigenvalue weighted by atomic mass is 9.85. The van der Waals surface area contributed by atoms with Crippen molar-refractivity contribution < 1.29 is 38.5 Å². The fraction of sp³-hybridized carbons (Fsp3) is 0.550. The van der Waals surface area contributed by atoms with Gasteiger partial charge in [0.1, 0.15) is 47.0 Å². The van der Waals surface area contributed by atoms with Gasteiger partial charge in [0.05, 0.1) is 24.9 Å². The summed E-state index contributed by atoms with van der Waals surface area (Å²) in [6.07, 6.45) is 7.11. The molecule has 0 bridgehead atoms. The fourth-order valence-corrected chi connectivity index (χ4v) is 8.50. The number of amides is 3. The summed E-state index contributed by atoms with van der Waals surface area (Å²) >= 11 is 1.51. The first-order valence-electron chi connectivity index (χ1n) is 19.1. The zero-order chi connectivity index (χ0) is 39.1. The first kappa shape index (κ1) is 38.4. The molecule has 3 aromatic rings. The van der Waals surface area contributed by atoms with E-state index in [0.717, 1.165) is 43.7 Å². The van der Waals surface area contributed by atoms with Gasteiger partial charge in [0.25, 0.3) is 0 Å². The van der Waals surface area contributed by atoms with Gasteiger partial charge in [0.2, 0.25) is 11.8 Å². The predicted octanol–water partition coefficient (Wildman–Crippen LogP) is 5.91. The van der Waals surface area contributed by atoms with E-state index in [1.165, 1.54) is 28.7 Å². The van der Waals surface area contributed by atoms with Crippen LogP contribution in [0.15, 0.2) is 42.3 Å². The number of alkyl carbamates (subject to hydrolysis) is 1. The summed E-state index contributed by atoms with van der Waals surface area (Å²) < 4.78 is 17.9. The molecule has 1 aromatic carbocycles. The van der Waals surface area contributed by atoms with Gasteiger partial charge in [0, 0.05) is 41.3 Å². The van der Waals surface area contributed by atoms with Gasteiger partial charge in [-0.15, -0.1) is 17.9 Å². The highest BCUT2D eigenvalue weighted by Crippen LogP contribution is 2.45. The van der Waals surface area contributed by atoms with E-state index in [0.29, 0.717) is 39.8 Å². The van der Waals surface area contributed by atoms with Gasteiger partial charge in [-0.2, -0.15) is 0 Å². The summed E-state index contributed by atoms with van der Waals surface area (Å²) in [6, 6.07) is 5.55. The van der Waals surface area contributed by atoms with Crippen LogP contribution in [0.5, 0.6) is 11.5 Å². The first-order valence-corrected chi connectivity index (χ1v) is 20.0. The molecule has 55 heavy (non-hydrogen) atoms. The number of hydrogen-bond donors (Lipinski definition) is 4. The third-order valence-corrected chi connectivity index (χ3v) is 12.1. The number of aliphatic carboxylic acids is 1. The average Bonchev–Trinajstić information content (AvgIpc) is 3.55. The Kier molecular flexibility index (Phi) is 10.7. The van der Waals surface area contributed by atoms with E-state index in [-0.39, 0.29) is 25.5 Å². The highest BCUT2D eigenvalue weighted by molar-refractivity contribution is 7.14. The largest absolute Gasteiger partial charge is 0.497 e. The molecule has 3 aliphatic carbocycles. The number of pyridine rings is 1. The van der Waals surface area contributed by atoms with E-state index in [4.69, 9.17) is 24.2 Å². The molecule has 5 atom stereocenters. The van der Waals surface area contributed by atoms with Crippen LogP contribution in [-0.2, 0) is 19.1 Å². The van der Waals surface area contributed by atoms with Gasteiger partial charge in [-0.3, -0.25) is 9.59 Å². The van der Waals surface area contributed by atoms with Crippen molar-refractivity contribution in [3.63, 3.8) is 0 Å². The molecule has 4 N–H and O–H groups in total. The lowest BCUT2D eigenvalue weighted by molar-refractivity contribution is -0.146. The summed E-state index contributed by atoms with van der Waals surface area (Å²) in [5, 5.41) is 22.6. The minimum absolute atomic E-state index is 0.00469. The summed E-state index contributed by atoms with van der Waals surface area (Å²) in [5.41, 5.74) is -0.411. The fourth-order valence-electron chi connectivity index (χ4n) is 7.71. The van der Waals surface area contributed by atoms with Crippen LogP contribution in [0.3, 0.4) is 0 Å². The average molecular weight is 775 g/mol. The summed E-state index contributed by atoms with van der Waals surface area (Å²) in [6.45, 7) is 9.21. The number of nitrogens with zero attached hydrogens (tertiary/aromatic N) is 3. The van der Waals surface area contributed by atoms with E-state index in [9.17, 15) is 24.3 Å². The van der Waals surface area contributed by atoms with Crippen molar-refractivity contribution in [1.29, 1.82) is 0 Å². The molecule has 14 nitrogen and oxygen atoms in total. The number of carbonyl (C=O) groups excluding carboxylic acids is 3. The van der Waals surface area contributed by atoms with Crippen LogP contribution >= 0.6 is 11.3 Å². The minimum atomic E-state index is -1.51. The van der Waals surface area contributed by atoms with Gasteiger partial charge >= 0.3 is 12.1 Å². The van der Waals surface area contributed by atoms with Gasteiger partial charge in [-0.25, -0.2) is 19.6 Å². The first-order chi connectivity index (χ1) is 26.3. The predicted molar refractivity (Wildman–Crippen MR) is 207 cm³/mol. The van der Waals surface area contributed by atoms with Crippen LogP contribution in [0.25, 0.3) is 22.3 Å². The molecule has 1 saturated heterocycles. The Morgan fingerprint density at radius 1 is 1.05 bits per heavy atom. The molecule has 3 amide bonds. The molecule has 294 valence electrons. The maximum absolute atomic E-state index is 14.6. The highest BCUT2D eigenvalue weighted by Gasteiger charge is 2.61. The number of rotatable bonds is 13. The smallest absolute Gasteiger partial charge is 0.408 e. The Hall–Kier alpha value is -4.92. The van der Waals surface area contributed by atoms with E-state index in [2.05, 4.69) is 22.5 Å². The number of aromatic nitrogens is 2. The van der Waals surface area contributed by atoms with Crippen molar-refractivity contribution in [2.75, 3.05) is 19.0 Å². The Morgan fingerprint density at radius 2 is 1.82 bits per heavy atom. The van der Waals surface area contributed by atoms with E-state index in [1.807, 2.05) is 50.4 Å². The zero-order valence-electron chi connectivity index (χ0n) is 31.8. The second-order valence-electron chi connectivity index (χ2n) is 16.2. The molecule has 4 fully saturated rings. The molecule has 15 heteroatoms. The van der Waals surface area contributed by atoms with Crippen molar-refractivity contribution in [2.45, 2.75) is 114 Å². The SMILES string of the molecule is C=C[C@@H]1C[C@]1(NC(=O)[C@@H]1C[C@@H](Oc2cc(-c3csc(NC4CCC4)n3)nc3cc(OC)ccc23)CN1C(=O)[C@@H](NC(=O)OC1CCCC1)C(C)(C)C)C(=O)O. The number of carbonyl (C=O) groups is 4. The number of hydrogen-bond acceptors (Lipinski definition) is 11. The lowest BCUT2D eigenvalue weighted by Gasteiger charge is -2.35. The van der Waals surface area contributed by atoms with Crippen molar-refractivity contribution in [3.8, 4) is 22.9 Å². The Morgan fingerprint density at radius 3 is 2.45 bits per heavy atom. The third kappa shape index (κ3) is 8.07. The monoisotopic (exact) mass is 774 g/mol. The van der Waals surface area contributed by atoms with Gasteiger partial charge in [-0.1, -0.05) is 26.8 Å². The van der Waals surface area contributed by atoms with Crippen LogP contribution in [-0.4, -0.2) is 93.4 Å². The van der Waals surface area contributed by atoms with Crippen LogP contribution < -0.4 is 25.4 Å². The molecule has 3 saturated carbocycles. The molecule has 3 heterocycles. The van der Waals surface area contributed by atoms with Gasteiger partial charge < -0.3 is 40.2 Å². The standard InChI is InChI=1S/C40H50N6O8S/c1-6-22-19-40(22,36(49)50)45-34(47)31-17-26(20-46(31)35(48)33(39(2,3)4)44-38(51)54-24-12-7-8-13-24)53-32-18-29(42-28-16-25(52-5)14-15-27(28)32)30-21-55-37(43-30)41-23-10-9-11-23/h6,14-16,18,21-24,26,31,33H,1,7-13,17,19-20H2,2-5H3,(H,41,43)(H,44,51)(H,45,47)(H,49,50)/t22-,26-,31+,33-,40-/m1/s1. The number of carboxylic acid groups (broad SMARTS) is 1. The van der Waals surface area contributed by atoms with Gasteiger partial charge in [0.15, 0.2) is 5.13 Å². The number of ether oxygens (including phenoxy) is 3. The summed E-state index contributed by atoms with van der Waals surface area (Å²) in [4.78, 5) is 65.3. The Labute approximate surface area is 324 Å². The van der Waals surface area contributed by atoms with Crippen LogP contribution in [0.2, 0.25) is 0 Å². The van der Waals surface area contributed by atoms with E-state index in [1.54, 1.807) is 7.11 Å². The molecule has 1 aliphatic heterocycles. The van der Waals surface area contributed by atoms with E-state index >= 15 is 0 Å². The number of thiazole rings is 1. The molecular weight excluding hydrogens is 725 g/mol. The van der Waals surface area contributed by atoms with Crippen LogP contribution in [0.4, 0.5) is 9.93 Å². The number of nitrogens with one attached hydrogen (secondary N) is 3. The number of fused-ring (bicyclic) bond motifs is 1. The zero-order valence-corrected chi connectivity index (χ0v) is 32.6. The quantitative estimate of drug-likeness (QED) is 0.152. The second-order valence-corrected chi connectivity index (χ2v) is 17.1. The van der Waals surface area contributed by atoms with Crippen molar-refractivity contribution in [1.82, 2.24) is 25.5 Å². The third-order valence-electron chi connectivity index (χ3n) is 11.3. The van der Waals surface area contributed by atoms with Crippen molar-refractivity contribution in [3.05, 3.63) is 42.3 Å². The molecule has 0 unspecified atom stereocenters. The molecule has 2 aromatic heterocycles. The summed E-state index contributed by atoms with van der Waals surface area (Å²) in [5.74, 6) is -1.65. The molecule has 4 aliphatic rings. The molecular formula is C40H50N6O8S. The number of benzene rings is 1. The molecule has 7 rings (SSSR count). The molecule has 0 spiro atoms. The van der Waals surface area contributed by atoms with Crippen LogP contribution in [0, 0.1) is 11.3 Å². The van der Waals surface area contributed by atoms with Crippen LogP contribution in [0.1, 0.15) is 78.6 Å². The number of likely N-dealkylation sites (tertiary alicyclic amines) is 1. The molecule has 0 radical (unpaired) electrons. The maximum atomic E-state index is 14.6. The lowest BCUT2D eigenvalue weighted by Crippen LogP contribution is -2.59. The summed E-state index contributed by atoms with van der Waals surface area (Å²) in [7, 11) is 1.58. The van der Waals surface area contributed by atoms with E-state index < -0.39 is 58.9 Å². The second kappa shape index (κ2) is 15.3. The number of carboxylic acids is 1. The van der Waals surface area contributed by atoms with Crippen molar-refractivity contribution >= 4 is 51.2 Å². The maximum Gasteiger partial charge on any atom is 0.408 e. The topological polar surface area (TPSA) is 181 Å². The normalized spacial score (nSPS) is 24.4. The number of methoxy groups -OCH3 is 1. The highest BCUT2D eigenvalue weighted by atomic mass is 32.1. The van der Waals surface area contributed by atoms with Gasteiger partial charge in [-0.05, 0) is 68.9 Å². The number of anilines is 1. The Balaban J connectivity index is 1.19. The Bertz CT molecular complexity index is 1970.